The van der Waals surface area contributed by atoms with E-state index in [0.717, 1.165) is 5.56 Å². The van der Waals surface area contributed by atoms with Crippen molar-refractivity contribution < 1.29 is 9.18 Å². The third-order valence-electron chi connectivity index (χ3n) is 4.46. The third kappa shape index (κ3) is 4.44. The predicted octanol–water partition coefficient (Wildman–Crippen LogP) is 2.77. The molecule has 154 valence electrons. The lowest BCUT2D eigenvalue weighted by Gasteiger charge is -2.19. The molecule has 0 fully saturated rings. The van der Waals surface area contributed by atoms with E-state index < -0.39 is 6.04 Å². The fraction of sp³-hybridized carbons (Fsp3) is 0.200. The SMILES string of the molecule is Cn1ccnc1C(NC(=O)CSCc1cc(=O)n2ccsc2n1)c1ccc(F)cc1. The smallest absolute Gasteiger partial charge is 0.258 e. The zero-order valence-electron chi connectivity index (χ0n) is 16.0. The minimum atomic E-state index is -0.496. The Hall–Kier alpha value is -2.98. The summed E-state index contributed by atoms with van der Waals surface area (Å²) in [6.45, 7) is 0. The van der Waals surface area contributed by atoms with Crippen molar-refractivity contribution in [2.45, 2.75) is 11.8 Å². The highest BCUT2D eigenvalue weighted by Crippen LogP contribution is 2.21. The molecule has 0 aliphatic heterocycles. The van der Waals surface area contributed by atoms with E-state index in [1.54, 1.807) is 36.1 Å². The number of thioether (sulfide) groups is 1. The molecule has 7 nitrogen and oxygen atoms in total. The van der Waals surface area contributed by atoms with Crippen LogP contribution in [0.25, 0.3) is 4.96 Å². The molecule has 0 saturated carbocycles. The molecule has 10 heteroatoms. The van der Waals surface area contributed by atoms with Crippen LogP contribution < -0.4 is 10.9 Å². The number of nitrogens with one attached hydrogen (secondary N) is 1. The molecule has 1 atom stereocenters. The maximum Gasteiger partial charge on any atom is 0.258 e. The fourth-order valence-corrected chi connectivity index (χ4v) is 4.49. The molecule has 0 radical (unpaired) electrons. The van der Waals surface area contributed by atoms with Gasteiger partial charge in [0.25, 0.3) is 5.56 Å². The quantitative estimate of drug-likeness (QED) is 0.475. The average Bonchev–Trinajstić information content (AvgIpc) is 3.36. The molecule has 4 aromatic rings. The van der Waals surface area contributed by atoms with E-state index in [4.69, 9.17) is 0 Å². The molecular weight excluding hydrogens is 425 g/mol. The maximum absolute atomic E-state index is 13.3. The van der Waals surface area contributed by atoms with E-state index in [2.05, 4.69) is 15.3 Å². The number of carbonyl (C=O) groups is 1. The van der Waals surface area contributed by atoms with E-state index in [9.17, 15) is 14.0 Å². The number of hydrogen-bond donors (Lipinski definition) is 1. The molecule has 0 aliphatic rings. The molecule has 0 spiro atoms. The molecule has 1 N–H and O–H groups in total. The molecule has 0 saturated heterocycles. The van der Waals surface area contributed by atoms with Crippen LogP contribution in [0, 0.1) is 5.82 Å². The highest BCUT2D eigenvalue weighted by atomic mass is 32.2. The van der Waals surface area contributed by atoms with Gasteiger partial charge in [0.1, 0.15) is 17.7 Å². The minimum absolute atomic E-state index is 0.132. The fourth-order valence-electron chi connectivity index (χ4n) is 3.02. The third-order valence-corrected chi connectivity index (χ3v) is 6.19. The number of halogens is 1. The van der Waals surface area contributed by atoms with Crippen molar-refractivity contribution in [2.75, 3.05) is 5.75 Å². The Morgan fingerprint density at radius 2 is 2.10 bits per heavy atom. The number of carbonyl (C=O) groups excluding carboxylic acids is 1. The number of rotatable bonds is 7. The van der Waals surface area contributed by atoms with Crippen LogP contribution in [0.4, 0.5) is 4.39 Å². The van der Waals surface area contributed by atoms with Crippen molar-refractivity contribution in [3.8, 4) is 0 Å². The van der Waals surface area contributed by atoms with Gasteiger partial charge in [-0.3, -0.25) is 14.0 Å². The highest BCUT2D eigenvalue weighted by molar-refractivity contribution is 7.99. The minimum Gasteiger partial charge on any atom is -0.341 e. The van der Waals surface area contributed by atoms with Crippen LogP contribution in [0.2, 0.25) is 0 Å². The van der Waals surface area contributed by atoms with Crippen molar-refractivity contribution in [1.82, 2.24) is 24.3 Å². The van der Waals surface area contributed by atoms with Crippen LogP contribution >= 0.6 is 23.1 Å². The van der Waals surface area contributed by atoms with Gasteiger partial charge in [0.05, 0.1) is 11.4 Å². The predicted molar refractivity (Wildman–Crippen MR) is 115 cm³/mol. The number of imidazole rings is 1. The largest absolute Gasteiger partial charge is 0.341 e. The van der Waals surface area contributed by atoms with Gasteiger partial charge in [-0.15, -0.1) is 23.1 Å². The number of aryl methyl sites for hydroxylation is 1. The lowest BCUT2D eigenvalue weighted by molar-refractivity contribution is -0.119. The lowest BCUT2D eigenvalue weighted by Crippen LogP contribution is -2.32. The number of nitrogens with zero attached hydrogens (tertiary/aromatic N) is 4. The summed E-state index contributed by atoms with van der Waals surface area (Å²) in [7, 11) is 1.84. The van der Waals surface area contributed by atoms with Gasteiger partial charge in [0, 0.05) is 42.8 Å². The first-order valence-corrected chi connectivity index (χ1v) is 11.1. The van der Waals surface area contributed by atoms with E-state index in [1.165, 1.54) is 45.7 Å². The van der Waals surface area contributed by atoms with E-state index >= 15 is 0 Å². The van der Waals surface area contributed by atoms with Gasteiger partial charge in [0.2, 0.25) is 5.91 Å². The molecule has 1 unspecified atom stereocenters. The van der Waals surface area contributed by atoms with E-state index in [-0.39, 0.29) is 23.0 Å². The summed E-state index contributed by atoms with van der Waals surface area (Å²) in [6, 6.07) is 6.98. The second kappa shape index (κ2) is 8.80. The van der Waals surface area contributed by atoms with Gasteiger partial charge in [-0.25, -0.2) is 14.4 Å². The molecule has 1 aromatic carbocycles. The topological polar surface area (TPSA) is 81.3 Å². The summed E-state index contributed by atoms with van der Waals surface area (Å²) in [5, 5.41) is 4.78. The normalized spacial score (nSPS) is 12.2. The number of benzene rings is 1. The van der Waals surface area contributed by atoms with Crippen LogP contribution in [-0.4, -0.2) is 30.6 Å². The molecule has 4 rings (SSSR count). The van der Waals surface area contributed by atoms with Crippen LogP contribution in [-0.2, 0) is 17.6 Å². The molecule has 1 amide bonds. The Balaban J connectivity index is 1.43. The summed E-state index contributed by atoms with van der Waals surface area (Å²) in [5.41, 5.74) is 1.24. The molecule has 0 bridgehead atoms. The van der Waals surface area contributed by atoms with Gasteiger partial charge < -0.3 is 9.88 Å². The monoisotopic (exact) mass is 443 g/mol. The Morgan fingerprint density at radius 3 is 2.83 bits per heavy atom. The van der Waals surface area contributed by atoms with Crippen LogP contribution in [0.3, 0.4) is 0 Å². The van der Waals surface area contributed by atoms with Crippen molar-refractivity contribution >= 4 is 34.0 Å². The first kappa shape index (κ1) is 20.3. The van der Waals surface area contributed by atoms with Crippen molar-refractivity contribution in [2.24, 2.45) is 7.05 Å². The highest BCUT2D eigenvalue weighted by Gasteiger charge is 2.21. The molecule has 30 heavy (non-hydrogen) atoms. The van der Waals surface area contributed by atoms with Crippen LogP contribution in [0.1, 0.15) is 23.1 Å². The second-order valence-corrected chi connectivity index (χ2v) is 8.44. The summed E-state index contributed by atoms with van der Waals surface area (Å²) in [5.74, 6) is 0.753. The Bertz CT molecular complexity index is 1230. The van der Waals surface area contributed by atoms with Crippen molar-refractivity contribution in [3.05, 3.63) is 87.6 Å². The molecular formula is C20H18FN5O2S2. The standard InChI is InChI=1S/C20H18FN5O2S2/c1-25-7-6-22-19(25)18(13-2-4-14(21)5-3-13)24-16(27)12-29-11-15-10-17(28)26-8-9-30-20(26)23-15/h2-10,18H,11-12H2,1H3,(H,24,27). The van der Waals surface area contributed by atoms with Gasteiger partial charge >= 0.3 is 0 Å². The summed E-state index contributed by atoms with van der Waals surface area (Å²) in [4.78, 5) is 34.1. The number of thiazole rings is 1. The molecule has 3 aromatic heterocycles. The van der Waals surface area contributed by atoms with Crippen LogP contribution in [0.15, 0.2) is 59.1 Å². The van der Waals surface area contributed by atoms with Gasteiger partial charge in [-0.2, -0.15) is 0 Å². The van der Waals surface area contributed by atoms with E-state index in [0.29, 0.717) is 22.2 Å². The zero-order chi connectivity index (χ0) is 21.1. The number of amides is 1. The maximum atomic E-state index is 13.3. The Labute approximate surface area is 179 Å². The van der Waals surface area contributed by atoms with Gasteiger partial charge in [-0.05, 0) is 17.7 Å². The van der Waals surface area contributed by atoms with Gasteiger partial charge in [-0.1, -0.05) is 12.1 Å². The summed E-state index contributed by atoms with van der Waals surface area (Å²) >= 11 is 2.76. The number of aromatic nitrogens is 4. The van der Waals surface area contributed by atoms with Gasteiger partial charge in [0.15, 0.2) is 4.96 Å². The lowest BCUT2D eigenvalue weighted by atomic mass is 10.1. The van der Waals surface area contributed by atoms with E-state index in [1.807, 2.05) is 11.6 Å². The second-order valence-electron chi connectivity index (χ2n) is 6.58. The van der Waals surface area contributed by atoms with Crippen molar-refractivity contribution in [3.63, 3.8) is 0 Å². The molecule has 0 aliphatic carbocycles. The summed E-state index contributed by atoms with van der Waals surface area (Å²) in [6.07, 6.45) is 5.13. The average molecular weight is 444 g/mol. The first-order valence-electron chi connectivity index (χ1n) is 9.07. The number of fused-ring (bicyclic) bond motifs is 1. The molecule has 3 heterocycles. The first-order chi connectivity index (χ1) is 14.5. The summed E-state index contributed by atoms with van der Waals surface area (Å²) < 4.78 is 16.6. The van der Waals surface area contributed by atoms with Crippen molar-refractivity contribution in [1.29, 1.82) is 0 Å². The number of hydrogen-bond acceptors (Lipinski definition) is 6. The zero-order valence-corrected chi connectivity index (χ0v) is 17.6. The van der Waals surface area contributed by atoms with Crippen LogP contribution in [0.5, 0.6) is 0 Å². The Morgan fingerprint density at radius 1 is 1.30 bits per heavy atom. The Kier molecular flexibility index (Phi) is 5.96.